The Morgan fingerprint density at radius 3 is 2.58 bits per heavy atom. The molecule has 0 bridgehead atoms. The van der Waals surface area contributed by atoms with Gasteiger partial charge < -0.3 is 4.90 Å². The molecule has 3 aromatic rings. The minimum absolute atomic E-state index is 0. The van der Waals surface area contributed by atoms with E-state index in [2.05, 4.69) is 9.88 Å². The fourth-order valence-corrected chi connectivity index (χ4v) is 3.57. The summed E-state index contributed by atoms with van der Waals surface area (Å²) in [6.45, 7) is 1.39. The van der Waals surface area contributed by atoms with Crippen LogP contribution >= 0.6 is 23.7 Å². The molecule has 0 saturated heterocycles. The number of carbonyl (C=O) groups is 1. The van der Waals surface area contributed by atoms with Crippen LogP contribution in [-0.4, -0.2) is 43.0 Å². The molecule has 0 aliphatic rings. The highest BCUT2D eigenvalue weighted by atomic mass is 35.5. The number of rotatable bonds is 6. The number of thiazole rings is 1. The lowest BCUT2D eigenvalue weighted by Crippen LogP contribution is -2.33. The van der Waals surface area contributed by atoms with Crippen LogP contribution in [0.25, 0.3) is 10.2 Å². The van der Waals surface area contributed by atoms with E-state index in [1.54, 1.807) is 17.0 Å². The molecule has 0 saturated carbocycles. The summed E-state index contributed by atoms with van der Waals surface area (Å²) in [6.07, 6.45) is 0.810. The Morgan fingerprint density at radius 2 is 1.88 bits per heavy atom. The Bertz CT molecular complexity index is 851. The van der Waals surface area contributed by atoms with Crippen LogP contribution in [0.4, 0.5) is 9.52 Å². The zero-order valence-corrected chi connectivity index (χ0v) is 16.3. The molecular weight excluding hydrogens is 373 g/mol. The van der Waals surface area contributed by atoms with Gasteiger partial charge in [0, 0.05) is 12.1 Å². The fourth-order valence-electron chi connectivity index (χ4n) is 2.58. The van der Waals surface area contributed by atoms with E-state index in [0.29, 0.717) is 17.2 Å². The average Bonchev–Trinajstić information content (AvgIpc) is 3.01. The number of fused-ring (bicyclic) bond motifs is 1. The van der Waals surface area contributed by atoms with Gasteiger partial charge in [-0.15, -0.1) is 12.4 Å². The predicted molar refractivity (Wildman–Crippen MR) is 108 cm³/mol. The van der Waals surface area contributed by atoms with Crippen LogP contribution < -0.4 is 4.90 Å². The molecule has 1 aromatic heterocycles. The quantitative estimate of drug-likeness (QED) is 0.620. The highest BCUT2D eigenvalue weighted by Gasteiger charge is 2.21. The van der Waals surface area contributed by atoms with Crippen LogP contribution in [0, 0.1) is 5.82 Å². The van der Waals surface area contributed by atoms with Crippen molar-refractivity contribution in [3.05, 3.63) is 59.9 Å². The van der Waals surface area contributed by atoms with Crippen molar-refractivity contribution in [2.75, 3.05) is 32.1 Å². The normalized spacial score (nSPS) is 10.8. The van der Waals surface area contributed by atoms with Crippen molar-refractivity contribution in [3.8, 4) is 0 Å². The lowest BCUT2D eigenvalue weighted by atomic mass is 10.2. The number of amides is 1. The van der Waals surface area contributed by atoms with Crippen LogP contribution in [0.2, 0.25) is 0 Å². The first-order chi connectivity index (χ1) is 12.0. The standard InChI is InChI=1S/C19H20FN3OS.ClH/c1-22(2)11-6-12-23(18(24)14-7-5-8-15(20)13-14)19-21-16-9-3-4-10-17(16)25-19;/h3-5,7-10,13H,6,11-12H2,1-2H3;1H. The van der Waals surface area contributed by atoms with Gasteiger partial charge in [-0.2, -0.15) is 0 Å². The monoisotopic (exact) mass is 393 g/mol. The molecule has 3 rings (SSSR count). The zero-order chi connectivity index (χ0) is 17.8. The number of benzene rings is 2. The van der Waals surface area contributed by atoms with Gasteiger partial charge >= 0.3 is 0 Å². The van der Waals surface area contributed by atoms with Crippen molar-refractivity contribution < 1.29 is 9.18 Å². The summed E-state index contributed by atoms with van der Waals surface area (Å²) in [7, 11) is 3.99. The first-order valence-corrected chi connectivity index (χ1v) is 8.94. The largest absolute Gasteiger partial charge is 0.309 e. The van der Waals surface area contributed by atoms with E-state index in [1.807, 2.05) is 38.4 Å². The number of anilines is 1. The van der Waals surface area contributed by atoms with E-state index in [9.17, 15) is 9.18 Å². The second-order valence-electron chi connectivity index (χ2n) is 6.09. The molecule has 26 heavy (non-hydrogen) atoms. The summed E-state index contributed by atoms with van der Waals surface area (Å²) in [5, 5.41) is 0.647. The molecule has 4 nitrogen and oxygen atoms in total. The minimum atomic E-state index is -0.414. The third-order valence-corrected chi connectivity index (χ3v) is 4.88. The Hall–Kier alpha value is -2.02. The van der Waals surface area contributed by atoms with Crippen molar-refractivity contribution in [1.82, 2.24) is 9.88 Å². The van der Waals surface area contributed by atoms with Crippen molar-refractivity contribution in [1.29, 1.82) is 0 Å². The van der Waals surface area contributed by atoms with Crippen LogP contribution in [0.15, 0.2) is 48.5 Å². The molecule has 0 spiro atoms. The van der Waals surface area contributed by atoms with Gasteiger partial charge in [0.15, 0.2) is 5.13 Å². The second-order valence-corrected chi connectivity index (χ2v) is 7.10. The van der Waals surface area contributed by atoms with Gasteiger partial charge in [0.2, 0.25) is 0 Å². The summed E-state index contributed by atoms with van der Waals surface area (Å²) in [4.78, 5) is 21.3. The number of nitrogens with zero attached hydrogens (tertiary/aromatic N) is 3. The predicted octanol–water partition coefficient (Wildman–Crippen LogP) is 4.46. The lowest BCUT2D eigenvalue weighted by Gasteiger charge is -2.21. The lowest BCUT2D eigenvalue weighted by molar-refractivity contribution is 0.0985. The maximum Gasteiger partial charge on any atom is 0.260 e. The first kappa shape index (κ1) is 20.3. The van der Waals surface area contributed by atoms with E-state index in [4.69, 9.17) is 0 Å². The van der Waals surface area contributed by atoms with E-state index < -0.39 is 5.82 Å². The van der Waals surface area contributed by atoms with Gasteiger partial charge in [0.05, 0.1) is 10.2 Å². The molecule has 0 aliphatic heterocycles. The summed E-state index contributed by atoms with van der Waals surface area (Å²) >= 11 is 1.48. The van der Waals surface area contributed by atoms with Gasteiger partial charge in [-0.1, -0.05) is 29.5 Å². The molecule has 1 heterocycles. The fraction of sp³-hybridized carbons (Fsp3) is 0.263. The van der Waals surface area contributed by atoms with Crippen LogP contribution in [-0.2, 0) is 0 Å². The topological polar surface area (TPSA) is 36.4 Å². The van der Waals surface area contributed by atoms with Crippen LogP contribution in [0.3, 0.4) is 0 Å². The van der Waals surface area contributed by atoms with E-state index in [0.717, 1.165) is 23.2 Å². The molecule has 0 atom stereocenters. The molecule has 7 heteroatoms. The van der Waals surface area contributed by atoms with Crippen molar-refractivity contribution in [2.45, 2.75) is 6.42 Å². The van der Waals surface area contributed by atoms with Crippen molar-refractivity contribution in [2.24, 2.45) is 0 Å². The van der Waals surface area contributed by atoms with Crippen LogP contribution in [0.1, 0.15) is 16.8 Å². The summed E-state index contributed by atoms with van der Waals surface area (Å²) in [5.41, 5.74) is 1.20. The molecule has 0 N–H and O–H groups in total. The summed E-state index contributed by atoms with van der Waals surface area (Å²) in [5.74, 6) is -0.638. The molecule has 1 amide bonds. The third-order valence-electron chi connectivity index (χ3n) is 3.82. The maximum absolute atomic E-state index is 13.5. The van der Waals surface area contributed by atoms with Crippen molar-refractivity contribution >= 4 is 45.0 Å². The average molecular weight is 394 g/mol. The SMILES string of the molecule is CN(C)CCCN(C(=O)c1cccc(F)c1)c1nc2ccccc2s1.Cl. The third kappa shape index (κ3) is 4.78. The van der Waals surface area contributed by atoms with Gasteiger partial charge in [-0.25, -0.2) is 9.37 Å². The first-order valence-electron chi connectivity index (χ1n) is 8.12. The van der Waals surface area contributed by atoms with Gasteiger partial charge in [0.1, 0.15) is 5.82 Å². The number of para-hydroxylation sites is 1. The number of hydrogen-bond acceptors (Lipinski definition) is 4. The van der Waals surface area contributed by atoms with E-state index in [1.165, 1.54) is 23.5 Å². The van der Waals surface area contributed by atoms with E-state index in [-0.39, 0.29) is 18.3 Å². The zero-order valence-electron chi connectivity index (χ0n) is 14.7. The Morgan fingerprint density at radius 1 is 1.12 bits per heavy atom. The van der Waals surface area contributed by atoms with Gasteiger partial charge in [-0.3, -0.25) is 9.69 Å². The molecule has 0 aliphatic carbocycles. The molecule has 0 unspecified atom stereocenters. The van der Waals surface area contributed by atoms with E-state index >= 15 is 0 Å². The Labute approximate surface area is 162 Å². The molecular formula is C19H21ClFN3OS. The Balaban J connectivity index is 0.00000243. The summed E-state index contributed by atoms with van der Waals surface area (Å²) < 4.78 is 14.6. The van der Waals surface area contributed by atoms with Crippen LogP contribution in [0.5, 0.6) is 0 Å². The second kappa shape index (κ2) is 9.07. The minimum Gasteiger partial charge on any atom is -0.309 e. The molecule has 2 aromatic carbocycles. The van der Waals surface area contributed by atoms with Gasteiger partial charge in [-0.05, 0) is 57.4 Å². The number of aromatic nitrogens is 1. The smallest absolute Gasteiger partial charge is 0.260 e. The number of halogens is 2. The molecule has 0 radical (unpaired) electrons. The Kier molecular flexibility index (Phi) is 7.08. The van der Waals surface area contributed by atoms with Crippen molar-refractivity contribution in [3.63, 3.8) is 0 Å². The van der Waals surface area contributed by atoms with Gasteiger partial charge in [0.25, 0.3) is 5.91 Å². The molecule has 138 valence electrons. The highest BCUT2D eigenvalue weighted by molar-refractivity contribution is 7.22. The maximum atomic E-state index is 13.5. The molecule has 0 fully saturated rings. The number of carbonyl (C=O) groups excluding carboxylic acids is 1. The number of hydrogen-bond donors (Lipinski definition) is 0. The summed E-state index contributed by atoms with van der Waals surface area (Å²) in [6, 6.07) is 13.6. The highest BCUT2D eigenvalue weighted by Crippen LogP contribution is 2.29.